The molecule has 5 heteroatoms. The molecule has 5 nitrogen and oxygen atoms in total. The summed E-state index contributed by atoms with van der Waals surface area (Å²) in [6.45, 7) is 3.16. The number of aromatic nitrogens is 3. The number of rotatable bonds is 8. The number of imidazole rings is 1. The average Bonchev–Trinajstić information content (AvgIpc) is 2.93. The second kappa shape index (κ2) is 7.78. The van der Waals surface area contributed by atoms with E-state index in [1.807, 2.05) is 31.7 Å². The number of hydrogen-bond donors (Lipinski definition) is 1. The lowest BCUT2D eigenvalue weighted by Crippen LogP contribution is -2.23. The van der Waals surface area contributed by atoms with Crippen LogP contribution in [0.15, 0.2) is 30.9 Å². The molecular formula is C16H24N4O. The first-order valence-electron chi connectivity index (χ1n) is 7.43. The quantitative estimate of drug-likeness (QED) is 0.811. The lowest BCUT2D eigenvalue weighted by Gasteiger charge is -2.21. The molecule has 0 aliphatic carbocycles. The Morgan fingerprint density at radius 1 is 1.38 bits per heavy atom. The van der Waals surface area contributed by atoms with Gasteiger partial charge in [0, 0.05) is 43.7 Å². The van der Waals surface area contributed by atoms with Crippen LogP contribution in [0.3, 0.4) is 0 Å². The summed E-state index contributed by atoms with van der Waals surface area (Å²) in [4.78, 5) is 8.53. The zero-order chi connectivity index (χ0) is 15.1. The van der Waals surface area contributed by atoms with Crippen LogP contribution < -0.4 is 10.1 Å². The molecule has 2 aromatic rings. The van der Waals surface area contributed by atoms with Crippen LogP contribution in [0.4, 0.5) is 0 Å². The van der Waals surface area contributed by atoms with E-state index in [1.165, 1.54) is 0 Å². The van der Waals surface area contributed by atoms with Crippen LogP contribution in [-0.4, -0.2) is 28.2 Å². The summed E-state index contributed by atoms with van der Waals surface area (Å²) in [6.07, 6.45) is 10.4. The van der Waals surface area contributed by atoms with E-state index in [-0.39, 0.29) is 6.04 Å². The van der Waals surface area contributed by atoms with Gasteiger partial charge in [-0.2, -0.15) is 0 Å². The number of aryl methyl sites for hydroxylation is 2. The van der Waals surface area contributed by atoms with E-state index in [2.05, 4.69) is 26.8 Å². The maximum absolute atomic E-state index is 5.44. The Morgan fingerprint density at radius 2 is 2.24 bits per heavy atom. The van der Waals surface area contributed by atoms with Gasteiger partial charge >= 0.3 is 0 Å². The zero-order valence-corrected chi connectivity index (χ0v) is 13.0. The van der Waals surface area contributed by atoms with Gasteiger partial charge in [0.25, 0.3) is 0 Å². The fraction of sp³-hybridized carbons (Fsp3) is 0.500. The highest BCUT2D eigenvalue weighted by atomic mass is 16.5. The van der Waals surface area contributed by atoms with Crippen LogP contribution in [0, 0.1) is 0 Å². The molecule has 2 heterocycles. The summed E-state index contributed by atoms with van der Waals surface area (Å²) < 4.78 is 7.51. The van der Waals surface area contributed by atoms with Gasteiger partial charge in [-0.1, -0.05) is 6.92 Å². The number of nitrogens with one attached hydrogen (secondary N) is 1. The van der Waals surface area contributed by atoms with Crippen LogP contribution in [0.5, 0.6) is 5.75 Å². The van der Waals surface area contributed by atoms with Crippen LogP contribution in [0.25, 0.3) is 0 Å². The van der Waals surface area contributed by atoms with Crippen molar-refractivity contribution >= 4 is 0 Å². The van der Waals surface area contributed by atoms with Crippen LogP contribution >= 0.6 is 0 Å². The highest BCUT2D eigenvalue weighted by Gasteiger charge is 2.16. The van der Waals surface area contributed by atoms with Crippen LogP contribution in [-0.2, 0) is 13.5 Å². The average molecular weight is 288 g/mol. The fourth-order valence-corrected chi connectivity index (χ4v) is 2.45. The second-order valence-corrected chi connectivity index (χ2v) is 5.12. The van der Waals surface area contributed by atoms with Gasteiger partial charge in [-0.05, 0) is 25.5 Å². The zero-order valence-electron chi connectivity index (χ0n) is 13.0. The lowest BCUT2D eigenvalue weighted by atomic mass is 10.0. The molecule has 2 aromatic heterocycles. The van der Waals surface area contributed by atoms with Crippen molar-refractivity contribution in [3.63, 3.8) is 0 Å². The predicted molar refractivity (Wildman–Crippen MR) is 83.4 cm³/mol. The van der Waals surface area contributed by atoms with Crippen LogP contribution in [0.1, 0.15) is 37.2 Å². The first-order valence-corrected chi connectivity index (χ1v) is 7.43. The minimum Gasteiger partial charge on any atom is -0.495 e. The van der Waals surface area contributed by atoms with Gasteiger partial charge in [0.1, 0.15) is 11.6 Å². The molecule has 21 heavy (non-hydrogen) atoms. The molecular weight excluding hydrogens is 264 g/mol. The van der Waals surface area contributed by atoms with Crippen molar-refractivity contribution in [2.24, 2.45) is 7.05 Å². The van der Waals surface area contributed by atoms with E-state index in [4.69, 9.17) is 4.74 Å². The first-order chi connectivity index (χ1) is 10.3. The van der Waals surface area contributed by atoms with E-state index in [1.54, 1.807) is 13.3 Å². The summed E-state index contributed by atoms with van der Waals surface area (Å²) in [5.74, 6) is 1.94. The van der Waals surface area contributed by atoms with Gasteiger partial charge in [-0.25, -0.2) is 4.98 Å². The summed E-state index contributed by atoms with van der Waals surface area (Å²) >= 11 is 0. The third-order valence-corrected chi connectivity index (χ3v) is 3.63. The largest absolute Gasteiger partial charge is 0.495 e. The highest BCUT2D eigenvalue weighted by molar-refractivity contribution is 5.32. The molecule has 114 valence electrons. The van der Waals surface area contributed by atoms with E-state index in [0.717, 1.165) is 42.9 Å². The minimum absolute atomic E-state index is 0.250. The molecule has 0 aliphatic heterocycles. The summed E-state index contributed by atoms with van der Waals surface area (Å²) in [5.41, 5.74) is 1.16. The molecule has 0 spiro atoms. The molecule has 0 saturated heterocycles. The summed E-state index contributed by atoms with van der Waals surface area (Å²) in [7, 11) is 3.72. The smallest absolute Gasteiger partial charge is 0.141 e. The fourth-order valence-electron chi connectivity index (χ4n) is 2.45. The molecule has 1 atom stereocenters. The Bertz CT molecular complexity index is 553. The number of hydrogen-bond acceptors (Lipinski definition) is 4. The van der Waals surface area contributed by atoms with Gasteiger partial charge in [0.05, 0.1) is 13.3 Å². The maximum Gasteiger partial charge on any atom is 0.141 e. The molecule has 1 unspecified atom stereocenters. The predicted octanol–water partition coefficient (Wildman–Crippen LogP) is 2.50. The summed E-state index contributed by atoms with van der Waals surface area (Å²) in [6, 6.07) is 2.28. The van der Waals surface area contributed by atoms with Gasteiger partial charge < -0.3 is 14.6 Å². The van der Waals surface area contributed by atoms with Crippen molar-refractivity contribution < 1.29 is 4.74 Å². The molecule has 0 bridgehead atoms. The minimum atomic E-state index is 0.250. The van der Waals surface area contributed by atoms with E-state index >= 15 is 0 Å². The molecule has 0 amide bonds. The topological polar surface area (TPSA) is 52.0 Å². The molecule has 1 N–H and O–H groups in total. The van der Waals surface area contributed by atoms with Crippen molar-refractivity contribution in [3.8, 4) is 5.75 Å². The lowest BCUT2D eigenvalue weighted by molar-refractivity contribution is 0.392. The molecule has 2 rings (SSSR count). The van der Waals surface area contributed by atoms with E-state index in [9.17, 15) is 0 Å². The van der Waals surface area contributed by atoms with Crippen molar-refractivity contribution in [1.82, 2.24) is 19.9 Å². The third kappa shape index (κ3) is 4.04. The van der Waals surface area contributed by atoms with Gasteiger partial charge in [-0.15, -0.1) is 0 Å². The SMILES string of the molecule is CCCNC(CCc1nccn1C)c1ccncc1OC. The van der Waals surface area contributed by atoms with Crippen molar-refractivity contribution in [2.75, 3.05) is 13.7 Å². The van der Waals surface area contributed by atoms with Crippen LogP contribution in [0.2, 0.25) is 0 Å². The number of ether oxygens (including phenoxy) is 1. The Morgan fingerprint density at radius 3 is 2.90 bits per heavy atom. The van der Waals surface area contributed by atoms with Gasteiger partial charge in [-0.3, -0.25) is 4.98 Å². The Labute approximate surface area is 126 Å². The summed E-state index contributed by atoms with van der Waals surface area (Å²) in [5, 5.41) is 3.60. The number of nitrogens with zero attached hydrogens (tertiary/aromatic N) is 3. The van der Waals surface area contributed by atoms with Gasteiger partial charge in [0.15, 0.2) is 0 Å². The molecule has 0 fully saturated rings. The second-order valence-electron chi connectivity index (χ2n) is 5.12. The van der Waals surface area contributed by atoms with Crippen molar-refractivity contribution in [1.29, 1.82) is 0 Å². The molecule has 0 aromatic carbocycles. The third-order valence-electron chi connectivity index (χ3n) is 3.63. The standard InChI is InChI=1S/C16H24N4O/c1-4-8-18-14(5-6-16-19-10-11-20(16)2)13-7-9-17-12-15(13)21-3/h7,9-12,14,18H,4-6,8H2,1-3H3. The Balaban J connectivity index is 2.12. The monoisotopic (exact) mass is 288 g/mol. The highest BCUT2D eigenvalue weighted by Crippen LogP contribution is 2.27. The van der Waals surface area contributed by atoms with Crippen molar-refractivity contribution in [2.45, 2.75) is 32.2 Å². The van der Waals surface area contributed by atoms with Gasteiger partial charge in [0.2, 0.25) is 0 Å². The number of pyridine rings is 1. The van der Waals surface area contributed by atoms with E-state index < -0.39 is 0 Å². The molecule has 0 radical (unpaired) electrons. The maximum atomic E-state index is 5.44. The normalized spacial score (nSPS) is 12.3. The number of methoxy groups -OCH3 is 1. The molecule has 0 saturated carbocycles. The van der Waals surface area contributed by atoms with E-state index in [0.29, 0.717) is 0 Å². The van der Waals surface area contributed by atoms with Crippen molar-refractivity contribution in [3.05, 3.63) is 42.2 Å². The first kappa shape index (κ1) is 15.5. The Kier molecular flexibility index (Phi) is 5.75. The molecule has 0 aliphatic rings. The Hall–Kier alpha value is -1.88.